The van der Waals surface area contributed by atoms with E-state index in [1.54, 1.807) is 19.9 Å². The number of hydrogen-bond donors (Lipinski definition) is 2. The molecule has 0 saturated carbocycles. The van der Waals surface area contributed by atoms with Gasteiger partial charge in [-0.2, -0.15) is 5.26 Å². The number of nitriles is 1. The quantitative estimate of drug-likeness (QED) is 0.792. The molecule has 144 valence electrons. The lowest BCUT2D eigenvalue weighted by atomic mass is 9.83. The van der Waals surface area contributed by atoms with Gasteiger partial charge in [-0.05, 0) is 44.9 Å². The van der Waals surface area contributed by atoms with Gasteiger partial charge in [-0.25, -0.2) is 4.79 Å². The molecule has 7 heteroatoms. The van der Waals surface area contributed by atoms with Gasteiger partial charge in [-0.1, -0.05) is 12.1 Å². The number of hydrogen-bond acceptors (Lipinski definition) is 6. The van der Waals surface area contributed by atoms with E-state index < -0.39 is 17.4 Å². The van der Waals surface area contributed by atoms with E-state index in [9.17, 15) is 14.9 Å². The van der Waals surface area contributed by atoms with Crippen LogP contribution in [0.3, 0.4) is 0 Å². The Balaban J connectivity index is 2.34. The largest absolute Gasteiger partial charge is 0.463 e. The Morgan fingerprint density at radius 3 is 2.64 bits per heavy atom. The maximum Gasteiger partial charge on any atom is 0.338 e. The maximum absolute atomic E-state index is 13.0. The van der Waals surface area contributed by atoms with Gasteiger partial charge >= 0.3 is 5.97 Å². The second-order valence-electron chi connectivity index (χ2n) is 6.66. The number of carbonyl (C=O) groups is 1. The predicted molar refractivity (Wildman–Crippen MR) is 104 cm³/mol. The molecular formula is C21H21N3O4. The van der Waals surface area contributed by atoms with Gasteiger partial charge in [0.1, 0.15) is 17.4 Å². The van der Waals surface area contributed by atoms with E-state index in [1.807, 2.05) is 32.0 Å². The first kappa shape index (κ1) is 19.2. The van der Waals surface area contributed by atoms with Crippen molar-refractivity contribution in [3.63, 3.8) is 0 Å². The molecular weight excluding hydrogens is 358 g/mol. The highest BCUT2D eigenvalue weighted by Gasteiger charge is 2.37. The van der Waals surface area contributed by atoms with Crippen molar-refractivity contribution in [2.75, 3.05) is 6.61 Å². The topological polar surface area (TPSA) is 118 Å². The fraction of sp³-hybridized carbons (Fsp3) is 0.286. The molecule has 1 aromatic heterocycles. The van der Waals surface area contributed by atoms with E-state index in [2.05, 4.69) is 4.98 Å². The molecule has 0 spiro atoms. The minimum absolute atomic E-state index is 0.00353. The van der Waals surface area contributed by atoms with Gasteiger partial charge < -0.3 is 20.2 Å². The Labute approximate surface area is 162 Å². The number of nitrogens with one attached hydrogen (secondary N) is 1. The maximum atomic E-state index is 13.0. The molecule has 7 nitrogen and oxygen atoms in total. The minimum atomic E-state index is -0.967. The fourth-order valence-corrected chi connectivity index (χ4v) is 3.47. The zero-order chi connectivity index (χ0) is 20.6. The van der Waals surface area contributed by atoms with Crippen molar-refractivity contribution < 1.29 is 14.3 Å². The molecule has 1 atom stereocenters. The van der Waals surface area contributed by atoms with Crippen LogP contribution in [0.4, 0.5) is 0 Å². The van der Waals surface area contributed by atoms with Crippen LogP contribution in [0.15, 0.2) is 45.8 Å². The van der Waals surface area contributed by atoms with Crippen LogP contribution in [0.5, 0.6) is 0 Å². The molecule has 0 aliphatic carbocycles. The highest BCUT2D eigenvalue weighted by atomic mass is 16.5. The summed E-state index contributed by atoms with van der Waals surface area (Å²) in [5, 5.41) is 10.5. The summed E-state index contributed by atoms with van der Waals surface area (Å²) < 4.78 is 10.5. The third-order valence-electron chi connectivity index (χ3n) is 4.88. The number of H-pyrrole nitrogens is 1. The SMILES string of the molecule is CCOC(=O)C1=C(C)OC(N)=C(C#N)C1c1cc2c(C)ccc(C)c2[nH]c1=O. The molecule has 1 aliphatic rings. The van der Waals surface area contributed by atoms with Crippen molar-refractivity contribution in [1.29, 1.82) is 5.26 Å². The van der Waals surface area contributed by atoms with Crippen molar-refractivity contribution in [2.45, 2.75) is 33.6 Å². The van der Waals surface area contributed by atoms with Crippen molar-refractivity contribution in [3.05, 3.63) is 68.0 Å². The zero-order valence-electron chi connectivity index (χ0n) is 16.2. The second kappa shape index (κ2) is 7.24. The summed E-state index contributed by atoms with van der Waals surface area (Å²) in [5.41, 5.74) is 8.44. The van der Waals surface area contributed by atoms with Gasteiger partial charge in [-0.15, -0.1) is 0 Å². The van der Waals surface area contributed by atoms with E-state index in [0.29, 0.717) is 0 Å². The van der Waals surface area contributed by atoms with Crippen LogP contribution in [0.2, 0.25) is 0 Å². The summed E-state index contributed by atoms with van der Waals surface area (Å²) in [7, 11) is 0. The number of aromatic nitrogens is 1. The summed E-state index contributed by atoms with van der Waals surface area (Å²) >= 11 is 0. The van der Waals surface area contributed by atoms with Gasteiger partial charge in [0.25, 0.3) is 5.56 Å². The van der Waals surface area contributed by atoms with Crippen molar-refractivity contribution in [2.24, 2.45) is 5.73 Å². The Morgan fingerprint density at radius 2 is 2.00 bits per heavy atom. The van der Waals surface area contributed by atoms with Gasteiger partial charge in [0.2, 0.25) is 5.88 Å². The lowest BCUT2D eigenvalue weighted by Crippen LogP contribution is -2.29. The van der Waals surface area contributed by atoms with Gasteiger partial charge in [-0.3, -0.25) is 4.79 Å². The summed E-state index contributed by atoms with van der Waals surface area (Å²) in [6.07, 6.45) is 0. The number of pyridine rings is 1. The molecule has 28 heavy (non-hydrogen) atoms. The Morgan fingerprint density at radius 1 is 1.32 bits per heavy atom. The van der Waals surface area contributed by atoms with Crippen LogP contribution in [0.1, 0.15) is 36.5 Å². The molecule has 1 aliphatic heterocycles. The predicted octanol–water partition coefficient (Wildman–Crippen LogP) is 2.79. The summed E-state index contributed by atoms with van der Waals surface area (Å²) in [6, 6.07) is 7.57. The Kier molecular flexibility index (Phi) is 4.97. The molecule has 0 radical (unpaired) electrons. The van der Waals surface area contributed by atoms with Crippen LogP contribution in [0, 0.1) is 25.2 Å². The highest BCUT2D eigenvalue weighted by molar-refractivity contribution is 5.93. The van der Waals surface area contributed by atoms with E-state index in [1.165, 1.54) is 0 Å². The second-order valence-corrected chi connectivity index (χ2v) is 6.66. The first-order valence-electron chi connectivity index (χ1n) is 8.88. The highest BCUT2D eigenvalue weighted by Crippen LogP contribution is 2.39. The first-order valence-corrected chi connectivity index (χ1v) is 8.88. The van der Waals surface area contributed by atoms with Crippen molar-refractivity contribution in [3.8, 4) is 6.07 Å². The van der Waals surface area contributed by atoms with Crippen LogP contribution in [-0.4, -0.2) is 17.6 Å². The lowest BCUT2D eigenvalue weighted by Gasteiger charge is -2.26. The first-order chi connectivity index (χ1) is 13.3. The Hall–Kier alpha value is -3.53. The number of nitrogens with two attached hydrogens (primary N) is 1. The number of aryl methyl sites for hydroxylation is 2. The zero-order valence-corrected chi connectivity index (χ0v) is 16.2. The molecule has 0 bridgehead atoms. The van der Waals surface area contributed by atoms with E-state index in [0.717, 1.165) is 22.0 Å². The third kappa shape index (κ3) is 3.03. The van der Waals surface area contributed by atoms with Crippen LogP contribution in [0.25, 0.3) is 10.9 Å². The van der Waals surface area contributed by atoms with Crippen LogP contribution >= 0.6 is 0 Å². The summed E-state index contributed by atoms with van der Waals surface area (Å²) in [5.74, 6) is -1.53. The number of nitrogens with zero attached hydrogens (tertiary/aromatic N) is 1. The average Bonchev–Trinajstić information content (AvgIpc) is 2.64. The van der Waals surface area contributed by atoms with Crippen molar-refractivity contribution in [1.82, 2.24) is 4.98 Å². The van der Waals surface area contributed by atoms with Gasteiger partial charge in [0, 0.05) is 10.9 Å². The number of fused-ring (bicyclic) bond motifs is 1. The molecule has 1 aromatic carbocycles. The van der Waals surface area contributed by atoms with E-state index >= 15 is 0 Å². The smallest absolute Gasteiger partial charge is 0.338 e. The number of benzene rings is 1. The molecule has 3 N–H and O–H groups in total. The van der Waals surface area contributed by atoms with Gasteiger partial charge in [0.05, 0.1) is 23.6 Å². The number of aromatic amines is 1. The molecule has 3 rings (SSSR count). The summed E-state index contributed by atoms with van der Waals surface area (Å²) in [6.45, 7) is 7.21. The average molecular weight is 379 g/mol. The van der Waals surface area contributed by atoms with Crippen LogP contribution < -0.4 is 11.3 Å². The number of ether oxygens (including phenoxy) is 2. The Bertz CT molecular complexity index is 1150. The monoisotopic (exact) mass is 379 g/mol. The number of allylic oxidation sites excluding steroid dienone is 2. The molecule has 1 unspecified atom stereocenters. The molecule has 0 amide bonds. The molecule has 0 fully saturated rings. The molecule has 0 saturated heterocycles. The summed E-state index contributed by atoms with van der Waals surface area (Å²) in [4.78, 5) is 28.5. The van der Waals surface area contributed by atoms with E-state index in [-0.39, 0.29) is 35.0 Å². The lowest BCUT2D eigenvalue weighted by molar-refractivity contribution is -0.139. The normalized spacial score (nSPS) is 16.8. The van der Waals surface area contributed by atoms with E-state index in [4.69, 9.17) is 15.2 Å². The van der Waals surface area contributed by atoms with Crippen molar-refractivity contribution >= 4 is 16.9 Å². The number of rotatable bonds is 3. The minimum Gasteiger partial charge on any atom is -0.463 e. The molecule has 2 heterocycles. The van der Waals surface area contributed by atoms with Gasteiger partial charge in [0.15, 0.2) is 0 Å². The molecule has 2 aromatic rings. The third-order valence-corrected chi connectivity index (χ3v) is 4.88. The fourth-order valence-electron chi connectivity index (χ4n) is 3.47. The standard InChI is InChI=1S/C21H21N3O4/c1-5-27-21(26)16-12(4)28-19(23)15(9-22)17(16)14-8-13-10(2)6-7-11(3)18(13)24-20(14)25/h6-8,17H,5,23H2,1-4H3,(H,24,25). The number of esters is 1. The number of carbonyl (C=O) groups excluding carboxylic acids is 1. The van der Waals surface area contributed by atoms with Crippen LogP contribution in [-0.2, 0) is 14.3 Å².